The first-order valence-corrected chi connectivity index (χ1v) is 14.0. The summed E-state index contributed by atoms with van der Waals surface area (Å²) in [6.07, 6.45) is 5.77. The summed E-state index contributed by atoms with van der Waals surface area (Å²) in [6.45, 7) is 1.98. The van der Waals surface area contributed by atoms with Crippen LogP contribution in [0.1, 0.15) is 42.5 Å². The third-order valence-corrected chi connectivity index (χ3v) is 7.56. The van der Waals surface area contributed by atoms with Crippen LogP contribution in [0, 0.1) is 11.6 Å². The second-order valence-corrected chi connectivity index (χ2v) is 10.9. The van der Waals surface area contributed by atoms with E-state index in [1.807, 2.05) is 30.0 Å². The number of carbonyl (C=O) groups is 2. The lowest BCUT2D eigenvalue weighted by molar-refractivity contribution is -0.117. The Morgan fingerprint density at radius 2 is 1.71 bits per heavy atom. The molecule has 0 bridgehead atoms. The quantitative estimate of drug-likeness (QED) is 0.382. The molecule has 0 spiro atoms. The second-order valence-electron chi connectivity index (χ2n) is 10.5. The maximum Gasteiger partial charge on any atom is 0.256 e. The summed E-state index contributed by atoms with van der Waals surface area (Å²) in [6, 6.07) is 7.81. The molecule has 3 aromatic rings. The van der Waals surface area contributed by atoms with Gasteiger partial charge in [-0.1, -0.05) is 11.6 Å². The Kier molecular flexibility index (Phi) is 8.53. The predicted octanol–water partition coefficient (Wildman–Crippen LogP) is 5.45. The Morgan fingerprint density at radius 1 is 0.976 bits per heavy atom. The largest absolute Gasteiger partial charge is 0.377 e. The van der Waals surface area contributed by atoms with Gasteiger partial charge in [0.15, 0.2) is 5.82 Å². The molecule has 0 radical (unpaired) electrons. The fourth-order valence-corrected chi connectivity index (χ4v) is 5.54. The van der Waals surface area contributed by atoms with Crippen LogP contribution in [0.5, 0.6) is 0 Å². The van der Waals surface area contributed by atoms with Crippen molar-refractivity contribution in [3.8, 4) is 0 Å². The third kappa shape index (κ3) is 6.51. The average molecular weight is 584 g/mol. The number of hydrogen-bond acceptors (Lipinski definition) is 7. The number of nitrogens with one attached hydrogen (secondary N) is 2. The number of amides is 2. The molecule has 2 aliphatic rings. The molecule has 41 heavy (non-hydrogen) atoms. The monoisotopic (exact) mass is 583 g/mol. The number of piperidine rings is 1. The van der Waals surface area contributed by atoms with Gasteiger partial charge in [-0.3, -0.25) is 9.59 Å². The Bertz CT molecular complexity index is 1430. The van der Waals surface area contributed by atoms with Gasteiger partial charge in [0.25, 0.3) is 5.91 Å². The van der Waals surface area contributed by atoms with Gasteiger partial charge in [-0.2, -0.15) is 4.98 Å². The van der Waals surface area contributed by atoms with E-state index in [0.717, 1.165) is 62.7 Å². The number of hydrogen-bond donors (Lipinski definition) is 2. The normalized spacial score (nSPS) is 17.0. The van der Waals surface area contributed by atoms with E-state index in [0.29, 0.717) is 30.0 Å². The summed E-state index contributed by atoms with van der Waals surface area (Å²) >= 11 is 6.44. The molecule has 0 saturated carbocycles. The van der Waals surface area contributed by atoms with Crippen LogP contribution >= 0.6 is 11.6 Å². The average Bonchev–Trinajstić information content (AvgIpc) is 3.43. The lowest BCUT2D eigenvalue weighted by Gasteiger charge is -2.29. The third-order valence-electron chi connectivity index (χ3n) is 7.29. The van der Waals surface area contributed by atoms with Crippen LogP contribution in [0.3, 0.4) is 0 Å². The van der Waals surface area contributed by atoms with Crippen molar-refractivity contribution in [3.63, 3.8) is 0 Å². The molecule has 9 nitrogen and oxygen atoms in total. The molecule has 216 valence electrons. The van der Waals surface area contributed by atoms with Crippen LogP contribution in [0.4, 0.5) is 37.6 Å². The van der Waals surface area contributed by atoms with E-state index in [-0.39, 0.29) is 28.5 Å². The molecular weight excluding hydrogens is 552 g/mol. The van der Waals surface area contributed by atoms with Crippen molar-refractivity contribution in [1.29, 1.82) is 0 Å². The van der Waals surface area contributed by atoms with E-state index in [4.69, 9.17) is 11.6 Å². The molecule has 5 rings (SSSR count). The van der Waals surface area contributed by atoms with Gasteiger partial charge in [0.1, 0.15) is 22.7 Å². The van der Waals surface area contributed by atoms with Gasteiger partial charge in [0.05, 0.1) is 11.8 Å². The van der Waals surface area contributed by atoms with Crippen molar-refractivity contribution in [2.24, 2.45) is 0 Å². The number of aromatic nitrogens is 2. The van der Waals surface area contributed by atoms with Crippen LogP contribution in [-0.2, 0) is 4.79 Å². The molecule has 12 heteroatoms. The molecule has 1 aromatic heterocycles. The number of likely N-dealkylation sites (tertiary alicyclic amines) is 1. The number of halogens is 3. The number of carbonyl (C=O) groups excluding carboxylic acids is 2. The first-order valence-electron chi connectivity index (χ1n) is 13.6. The van der Waals surface area contributed by atoms with Crippen molar-refractivity contribution in [3.05, 3.63) is 64.8 Å². The minimum absolute atomic E-state index is 0.0435. The molecule has 2 saturated heterocycles. The van der Waals surface area contributed by atoms with Crippen LogP contribution < -0.4 is 20.4 Å². The Labute approximate surface area is 242 Å². The Hall–Kier alpha value is -3.99. The molecule has 3 heterocycles. The molecule has 2 N–H and O–H groups in total. The van der Waals surface area contributed by atoms with Gasteiger partial charge in [0, 0.05) is 56.9 Å². The fourth-order valence-electron chi connectivity index (χ4n) is 5.34. The fraction of sp³-hybridized carbons (Fsp3) is 0.379. The summed E-state index contributed by atoms with van der Waals surface area (Å²) in [5.41, 5.74) is 1.99. The lowest BCUT2D eigenvalue weighted by Crippen LogP contribution is -2.40. The van der Waals surface area contributed by atoms with Crippen molar-refractivity contribution in [2.75, 3.05) is 54.2 Å². The van der Waals surface area contributed by atoms with Crippen LogP contribution in [0.2, 0.25) is 5.02 Å². The first-order chi connectivity index (χ1) is 19.7. The zero-order valence-corrected chi connectivity index (χ0v) is 23.7. The van der Waals surface area contributed by atoms with E-state index in [1.165, 1.54) is 6.20 Å². The number of nitrogens with zero attached hydrogens (tertiary/aromatic N) is 5. The van der Waals surface area contributed by atoms with Gasteiger partial charge < -0.3 is 25.3 Å². The number of anilines is 5. The first kappa shape index (κ1) is 28.5. The van der Waals surface area contributed by atoms with Gasteiger partial charge >= 0.3 is 0 Å². The highest BCUT2D eigenvalue weighted by Gasteiger charge is 2.33. The highest BCUT2D eigenvalue weighted by Crippen LogP contribution is 2.32. The van der Waals surface area contributed by atoms with Crippen molar-refractivity contribution >= 4 is 52.2 Å². The van der Waals surface area contributed by atoms with E-state index in [1.54, 1.807) is 17.0 Å². The summed E-state index contributed by atoms with van der Waals surface area (Å²) in [5, 5.41) is 6.01. The van der Waals surface area contributed by atoms with Gasteiger partial charge in [-0.05, 0) is 62.4 Å². The molecule has 2 fully saturated rings. The Balaban J connectivity index is 1.35. The topological polar surface area (TPSA) is 93.7 Å². The molecule has 0 unspecified atom stereocenters. The summed E-state index contributed by atoms with van der Waals surface area (Å²) in [4.78, 5) is 41.1. The SMILES string of the molecule is CN(C)c1ccc(NC(=O)[C@@H]2CCCN2c2nc(Nc3cc(F)cc(F)c3)ncc2Cl)cc1C(=O)N1CCCCC1. The van der Waals surface area contributed by atoms with Crippen LogP contribution in [-0.4, -0.2) is 66.5 Å². The molecular formula is C29H32ClF2N7O2. The molecule has 0 aliphatic carbocycles. The Morgan fingerprint density at radius 3 is 2.41 bits per heavy atom. The summed E-state index contributed by atoms with van der Waals surface area (Å²) in [7, 11) is 3.77. The van der Waals surface area contributed by atoms with Crippen molar-refractivity contribution in [1.82, 2.24) is 14.9 Å². The van der Waals surface area contributed by atoms with Gasteiger partial charge in [-0.15, -0.1) is 0 Å². The maximum atomic E-state index is 13.6. The molecule has 2 aliphatic heterocycles. The van der Waals surface area contributed by atoms with Crippen LogP contribution in [0.15, 0.2) is 42.6 Å². The van der Waals surface area contributed by atoms with Crippen molar-refractivity contribution in [2.45, 2.75) is 38.1 Å². The highest BCUT2D eigenvalue weighted by molar-refractivity contribution is 6.33. The molecule has 1 atom stereocenters. The van der Waals surface area contributed by atoms with Gasteiger partial charge in [0.2, 0.25) is 11.9 Å². The number of benzene rings is 2. The number of rotatable bonds is 7. The minimum Gasteiger partial charge on any atom is -0.377 e. The molecule has 2 amide bonds. The molecule has 2 aromatic carbocycles. The lowest BCUT2D eigenvalue weighted by atomic mass is 10.1. The van der Waals surface area contributed by atoms with Crippen LogP contribution in [0.25, 0.3) is 0 Å². The smallest absolute Gasteiger partial charge is 0.256 e. The zero-order chi connectivity index (χ0) is 29.1. The zero-order valence-electron chi connectivity index (χ0n) is 23.0. The second kappa shape index (κ2) is 12.3. The van der Waals surface area contributed by atoms with E-state index < -0.39 is 17.7 Å². The predicted molar refractivity (Wildman–Crippen MR) is 156 cm³/mol. The van der Waals surface area contributed by atoms with E-state index in [9.17, 15) is 18.4 Å². The van der Waals surface area contributed by atoms with E-state index >= 15 is 0 Å². The highest BCUT2D eigenvalue weighted by atomic mass is 35.5. The summed E-state index contributed by atoms with van der Waals surface area (Å²) in [5.74, 6) is -1.36. The summed E-state index contributed by atoms with van der Waals surface area (Å²) < 4.78 is 27.3. The standard InChI is InChI=1S/C29H32ClF2N7O2/c1-37(2)24-9-8-20(16-22(24)28(41)38-10-4-3-5-11-38)34-27(40)25-7-6-12-39(25)26-23(30)17-33-29(36-26)35-21-14-18(31)13-19(32)15-21/h8-9,13-17,25H,3-7,10-12H2,1-2H3,(H,34,40)(H,33,35,36)/t25-/m0/s1. The minimum atomic E-state index is -0.739. The van der Waals surface area contributed by atoms with E-state index in [2.05, 4.69) is 20.6 Å². The maximum absolute atomic E-state index is 13.6. The van der Waals surface area contributed by atoms with Crippen molar-refractivity contribution < 1.29 is 18.4 Å². The van der Waals surface area contributed by atoms with Gasteiger partial charge in [-0.25, -0.2) is 13.8 Å².